The number of fused-ring (bicyclic) bond motifs is 2. The lowest BCUT2D eigenvalue weighted by molar-refractivity contribution is 0.102. The van der Waals surface area contributed by atoms with Gasteiger partial charge in [-0.3, -0.25) is 4.79 Å². The molecule has 0 aliphatic heterocycles. The van der Waals surface area contributed by atoms with Gasteiger partial charge in [-0.2, -0.15) is 0 Å². The van der Waals surface area contributed by atoms with Crippen LogP contribution in [0.25, 0.3) is 42.9 Å². The molecule has 1 amide bonds. The molecule has 0 saturated heterocycles. The van der Waals surface area contributed by atoms with Crippen LogP contribution in [0.3, 0.4) is 0 Å². The molecule has 0 unspecified atom stereocenters. The molecule has 0 radical (unpaired) electrons. The van der Waals surface area contributed by atoms with Gasteiger partial charge in [-0.25, -0.2) is 9.78 Å². The van der Waals surface area contributed by atoms with Crippen molar-refractivity contribution in [1.29, 1.82) is 0 Å². The lowest BCUT2D eigenvalue weighted by atomic mass is 10.0. The predicted octanol–water partition coefficient (Wildman–Crippen LogP) is 7.00. The van der Waals surface area contributed by atoms with Gasteiger partial charge in [-0.15, -0.1) is 11.3 Å². The number of nitrogens with one attached hydrogen (secondary N) is 1. The summed E-state index contributed by atoms with van der Waals surface area (Å²) in [7, 11) is 1.56. The first-order chi connectivity index (χ1) is 18.1. The molecule has 180 valence electrons. The fourth-order valence-electron chi connectivity index (χ4n) is 4.19. The summed E-state index contributed by atoms with van der Waals surface area (Å²) in [5.74, 6) is 0.250. The molecule has 0 aliphatic rings. The number of methoxy groups -OCH3 is 1. The van der Waals surface area contributed by atoms with E-state index in [2.05, 4.69) is 5.32 Å². The molecule has 0 bridgehead atoms. The Balaban J connectivity index is 1.27. The smallest absolute Gasteiger partial charge is 0.344 e. The third kappa shape index (κ3) is 4.37. The summed E-state index contributed by atoms with van der Waals surface area (Å²) in [6.45, 7) is 0. The molecule has 2 heterocycles. The highest BCUT2D eigenvalue weighted by Crippen LogP contribution is 2.35. The molecule has 0 atom stereocenters. The zero-order chi connectivity index (χ0) is 25.4. The van der Waals surface area contributed by atoms with Gasteiger partial charge in [0.15, 0.2) is 0 Å². The zero-order valence-electron chi connectivity index (χ0n) is 19.7. The molecule has 37 heavy (non-hydrogen) atoms. The van der Waals surface area contributed by atoms with Gasteiger partial charge >= 0.3 is 5.63 Å². The molecule has 6 nitrogen and oxygen atoms in total. The molecule has 4 aromatic carbocycles. The van der Waals surface area contributed by atoms with E-state index in [-0.39, 0.29) is 5.91 Å². The van der Waals surface area contributed by atoms with E-state index in [9.17, 15) is 9.59 Å². The van der Waals surface area contributed by atoms with E-state index in [1.165, 1.54) is 0 Å². The van der Waals surface area contributed by atoms with Crippen molar-refractivity contribution in [3.63, 3.8) is 0 Å². The molecule has 2 aromatic heterocycles. The van der Waals surface area contributed by atoms with Crippen LogP contribution >= 0.6 is 11.3 Å². The van der Waals surface area contributed by atoms with Crippen molar-refractivity contribution in [3.05, 3.63) is 113 Å². The molecule has 1 N–H and O–H groups in total. The van der Waals surface area contributed by atoms with Crippen molar-refractivity contribution in [3.8, 4) is 27.4 Å². The van der Waals surface area contributed by atoms with Gasteiger partial charge < -0.3 is 14.5 Å². The molecule has 0 aliphatic carbocycles. The van der Waals surface area contributed by atoms with Crippen molar-refractivity contribution < 1.29 is 13.9 Å². The van der Waals surface area contributed by atoms with Gasteiger partial charge in [-0.1, -0.05) is 42.5 Å². The van der Waals surface area contributed by atoms with Gasteiger partial charge in [0, 0.05) is 16.5 Å². The minimum atomic E-state index is -0.424. The molecular formula is C30H20N2O4S. The Morgan fingerprint density at radius 2 is 1.65 bits per heavy atom. The Hall–Kier alpha value is -4.75. The molecule has 0 spiro atoms. The average molecular weight is 505 g/mol. The summed E-state index contributed by atoms with van der Waals surface area (Å²) in [5.41, 5.74) is 4.04. The number of thiazole rings is 1. The van der Waals surface area contributed by atoms with Crippen molar-refractivity contribution >= 4 is 44.1 Å². The number of anilines is 1. The van der Waals surface area contributed by atoms with E-state index in [1.807, 2.05) is 60.7 Å². The third-order valence-electron chi connectivity index (χ3n) is 6.09. The highest BCUT2D eigenvalue weighted by Gasteiger charge is 2.14. The quantitative estimate of drug-likeness (QED) is 0.256. The average Bonchev–Trinajstić information content (AvgIpc) is 3.37. The standard InChI is InChI=1S/C30H20N2O4S/c1-35-26-15-14-21(29-32-23-7-3-5-9-27(23)37-29)17-24(26)31-28(33)19-12-10-18(11-13-19)22-16-20-6-2-4-8-25(20)36-30(22)34/h2-17H,1H3,(H,31,33). The summed E-state index contributed by atoms with van der Waals surface area (Å²) in [5, 5.41) is 4.64. The summed E-state index contributed by atoms with van der Waals surface area (Å²) < 4.78 is 12.0. The summed E-state index contributed by atoms with van der Waals surface area (Å²) in [6, 6.07) is 29.6. The maximum atomic E-state index is 13.1. The van der Waals surface area contributed by atoms with Crippen LogP contribution < -0.4 is 15.7 Å². The lowest BCUT2D eigenvalue weighted by Crippen LogP contribution is -2.13. The van der Waals surface area contributed by atoms with Gasteiger partial charge in [0.25, 0.3) is 5.91 Å². The van der Waals surface area contributed by atoms with Crippen molar-refractivity contribution in [1.82, 2.24) is 4.98 Å². The van der Waals surface area contributed by atoms with E-state index < -0.39 is 5.63 Å². The largest absolute Gasteiger partial charge is 0.495 e. The SMILES string of the molecule is COc1ccc(-c2nc3ccccc3s2)cc1NC(=O)c1ccc(-c2cc3ccccc3oc2=O)cc1. The summed E-state index contributed by atoms with van der Waals surface area (Å²) in [6.07, 6.45) is 0. The molecule has 6 rings (SSSR count). The van der Waals surface area contributed by atoms with Gasteiger partial charge in [-0.05, 0) is 60.2 Å². The number of benzene rings is 4. The van der Waals surface area contributed by atoms with Gasteiger partial charge in [0.2, 0.25) is 0 Å². The van der Waals surface area contributed by atoms with Crippen LogP contribution in [0.4, 0.5) is 5.69 Å². The zero-order valence-corrected chi connectivity index (χ0v) is 20.5. The number of hydrogen-bond donors (Lipinski definition) is 1. The molecular weight excluding hydrogens is 484 g/mol. The molecule has 0 saturated carbocycles. The minimum Gasteiger partial charge on any atom is -0.495 e. The Morgan fingerprint density at radius 1 is 0.892 bits per heavy atom. The predicted molar refractivity (Wildman–Crippen MR) is 147 cm³/mol. The van der Waals surface area contributed by atoms with Crippen molar-refractivity contribution in [2.24, 2.45) is 0 Å². The molecule has 6 aromatic rings. The first-order valence-corrected chi connectivity index (χ1v) is 12.4. The fraction of sp³-hybridized carbons (Fsp3) is 0.0333. The highest BCUT2D eigenvalue weighted by molar-refractivity contribution is 7.21. The van der Waals surface area contributed by atoms with E-state index in [4.69, 9.17) is 14.1 Å². The Morgan fingerprint density at radius 3 is 2.46 bits per heavy atom. The van der Waals surface area contributed by atoms with Crippen LogP contribution in [0.15, 0.2) is 106 Å². The molecule has 0 fully saturated rings. The lowest BCUT2D eigenvalue weighted by Gasteiger charge is -2.12. The van der Waals surface area contributed by atoms with Crippen LogP contribution in [0, 0.1) is 0 Å². The number of carbonyl (C=O) groups is 1. The highest BCUT2D eigenvalue weighted by atomic mass is 32.1. The fourth-order valence-corrected chi connectivity index (χ4v) is 5.16. The normalized spacial score (nSPS) is 11.1. The van der Waals surface area contributed by atoms with E-state index in [1.54, 1.807) is 54.8 Å². The van der Waals surface area contributed by atoms with E-state index >= 15 is 0 Å². The number of aromatic nitrogens is 1. The number of rotatable bonds is 5. The van der Waals surface area contributed by atoms with Crippen molar-refractivity contribution in [2.75, 3.05) is 12.4 Å². The minimum absolute atomic E-state index is 0.295. The van der Waals surface area contributed by atoms with Gasteiger partial charge in [0.05, 0.1) is 28.6 Å². The number of nitrogens with zero attached hydrogens (tertiary/aromatic N) is 1. The Bertz CT molecular complexity index is 1800. The van der Waals surface area contributed by atoms with Crippen LogP contribution in [0.1, 0.15) is 10.4 Å². The third-order valence-corrected chi connectivity index (χ3v) is 7.17. The second-order valence-corrected chi connectivity index (χ2v) is 9.45. The number of ether oxygens (including phenoxy) is 1. The Labute approximate surface area is 215 Å². The van der Waals surface area contributed by atoms with Crippen LogP contribution in [0.5, 0.6) is 5.75 Å². The van der Waals surface area contributed by atoms with E-state index in [0.29, 0.717) is 33.7 Å². The number of hydrogen-bond acceptors (Lipinski definition) is 6. The number of para-hydroxylation sites is 2. The summed E-state index contributed by atoms with van der Waals surface area (Å²) in [4.78, 5) is 30.3. The first kappa shape index (κ1) is 22.7. The van der Waals surface area contributed by atoms with Crippen LogP contribution in [-0.2, 0) is 0 Å². The Kier molecular flexibility index (Phi) is 5.75. The summed E-state index contributed by atoms with van der Waals surface area (Å²) >= 11 is 1.59. The second kappa shape index (κ2) is 9.37. The maximum Gasteiger partial charge on any atom is 0.344 e. The van der Waals surface area contributed by atoms with Gasteiger partial charge in [0.1, 0.15) is 16.3 Å². The monoisotopic (exact) mass is 504 g/mol. The van der Waals surface area contributed by atoms with Crippen LogP contribution in [0.2, 0.25) is 0 Å². The van der Waals surface area contributed by atoms with Crippen LogP contribution in [-0.4, -0.2) is 18.0 Å². The second-order valence-electron chi connectivity index (χ2n) is 8.42. The number of carbonyl (C=O) groups excluding carboxylic acids is 1. The molecule has 7 heteroatoms. The topological polar surface area (TPSA) is 81.4 Å². The first-order valence-electron chi connectivity index (χ1n) is 11.6. The number of amides is 1. The van der Waals surface area contributed by atoms with Crippen molar-refractivity contribution in [2.45, 2.75) is 0 Å². The maximum absolute atomic E-state index is 13.1. The van der Waals surface area contributed by atoms with E-state index in [0.717, 1.165) is 26.2 Å².